The summed E-state index contributed by atoms with van der Waals surface area (Å²) in [5.41, 5.74) is 3.33. The van der Waals surface area contributed by atoms with Gasteiger partial charge in [-0.05, 0) is 55.5 Å². The van der Waals surface area contributed by atoms with Crippen LogP contribution in [0.1, 0.15) is 40.7 Å². The van der Waals surface area contributed by atoms with E-state index >= 15 is 0 Å². The molecule has 5 nitrogen and oxygen atoms in total. The van der Waals surface area contributed by atoms with Gasteiger partial charge in [-0.3, -0.25) is 4.79 Å². The summed E-state index contributed by atoms with van der Waals surface area (Å²) >= 11 is 0. The monoisotopic (exact) mass is 384 g/mol. The standard InChI is InChI=1S/C21H24N2O3S/c1-16-9-10-18(27(25,26)22-12-5-2-6-13-22)15-19(16)21(24)23-14-11-17-7-3-4-8-20(17)23/h3-4,7-10,15H,2,5-6,11-14H2,1H3. The molecule has 0 bridgehead atoms. The van der Waals surface area contributed by atoms with Crippen molar-refractivity contribution in [3.8, 4) is 0 Å². The molecular formula is C21H24N2O3S. The van der Waals surface area contributed by atoms with Crippen molar-refractivity contribution >= 4 is 21.6 Å². The van der Waals surface area contributed by atoms with Crippen LogP contribution in [0.3, 0.4) is 0 Å². The Morgan fingerprint density at radius 1 is 0.963 bits per heavy atom. The number of fused-ring (bicyclic) bond motifs is 1. The highest BCUT2D eigenvalue weighted by molar-refractivity contribution is 7.89. The second kappa shape index (κ2) is 7.09. The Labute approximate surface area is 160 Å². The molecule has 0 aromatic heterocycles. The molecule has 2 aliphatic rings. The predicted octanol–water partition coefficient (Wildman–Crippen LogP) is 3.37. The summed E-state index contributed by atoms with van der Waals surface area (Å²) < 4.78 is 27.5. The molecule has 142 valence electrons. The van der Waals surface area contributed by atoms with Crippen LogP contribution < -0.4 is 4.90 Å². The summed E-state index contributed by atoms with van der Waals surface area (Å²) in [6, 6.07) is 12.8. The van der Waals surface area contributed by atoms with E-state index in [2.05, 4.69) is 0 Å². The Hall–Kier alpha value is -2.18. The average Bonchev–Trinajstić information content (AvgIpc) is 3.12. The number of rotatable bonds is 3. The fourth-order valence-electron chi connectivity index (χ4n) is 3.94. The van der Waals surface area contributed by atoms with Crippen LogP contribution in [0.25, 0.3) is 0 Å². The zero-order valence-electron chi connectivity index (χ0n) is 15.5. The highest BCUT2D eigenvalue weighted by atomic mass is 32.2. The maximum Gasteiger partial charge on any atom is 0.258 e. The van der Waals surface area contributed by atoms with E-state index in [1.807, 2.05) is 31.2 Å². The lowest BCUT2D eigenvalue weighted by Gasteiger charge is -2.26. The number of carbonyl (C=O) groups excluding carboxylic acids is 1. The molecule has 2 heterocycles. The Bertz CT molecular complexity index is 979. The summed E-state index contributed by atoms with van der Waals surface area (Å²) in [6.45, 7) is 3.59. The van der Waals surface area contributed by atoms with Crippen molar-refractivity contribution in [3.05, 3.63) is 59.2 Å². The number of para-hydroxylation sites is 1. The summed E-state index contributed by atoms with van der Waals surface area (Å²) in [6.07, 6.45) is 3.67. The molecule has 0 spiro atoms. The van der Waals surface area contributed by atoms with Crippen molar-refractivity contribution in [2.24, 2.45) is 0 Å². The van der Waals surface area contributed by atoms with Crippen LogP contribution in [0.2, 0.25) is 0 Å². The lowest BCUT2D eigenvalue weighted by molar-refractivity contribution is 0.0988. The van der Waals surface area contributed by atoms with Gasteiger partial charge >= 0.3 is 0 Å². The van der Waals surface area contributed by atoms with Gasteiger partial charge in [0.25, 0.3) is 5.91 Å². The maximum absolute atomic E-state index is 13.2. The molecule has 6 heteroatoms. The third kappa shape index (κ3) is 3.28. The summed E-state index contributed by atoms with van der Waals surface area (Å²) in [4.78, 5) is 15.2. The number of hydrogen-bond donors (Lipinski definition) is 0. The molecule has 2 aliphatic heterocycles. The van der Waals surface area contributed by atoms with E-state index in [9.17, 15) is 13.2 Å². The van der Waals surface area contributed by atoms with Crippen LogP contribution in [0.15, 0.2) is 47.4 Å². The van der Waals surface area contributed by atoms with Gasteiger partial charge in [0.2, 0.25) is 10.0 Å². The number of piperidine rings is 1. The number of carbonyl (C=O) groups is 1. The van der Waals surface area contributed by atoms with Gasteiger partial charge in [-0.2, -0.15) is 4.31 Å². The molecule has 2 aromatic carbocycles. The number of amides is 1. The van der Waals surface area contributed by atoms with Crippen molar-refractivity contribution in [1.29, 1.82) is 0 Å². The molecule has 4 rings (SSSR count). The average molecular weight is 385 g/mol. The Balaban J connectivity index is 1.68. The largest absolute Gasteiger partial charge is 0.308 e. The molecule has 27 heavy (non-hydrogen) atoms. The molecule has 0 N–H and O–H groups in total. The second-order valence-electron chi connectivity index (χ2n) is 7.28. The van der Waals surface area contributed by atoms with Gasteiger partial charge in [0.1, 0.15) is 0 Å². The fraction of sp³-hybridized carbons (Fsp3) is 0.381. The Morgan fingerprint density at radius 2 is 1.70 bits per heavy atom. The van der Waals surface area contributed by atoms with Gasteiger partial charge in [-0.25, -0.2) is 8.42 Å². The maximum atomic E-state index is 13.2. The molecule has 0 aliphatic carbocycles. The summed E-state index contributed by atoms with van der Waals surface area (Å²) in [7, 11) is -3.56. The first-order valence-corrected chi connectivity index (χ1v) is 10.9. The molecule has 1 amide bonds. The van der Waals surface area contributed by atoms with E-state index in [1.54, 1.807) is 27.4 Å². The third-order valence-electron chi connectivity index (χ3n) is 5.52. The van der Waals surface area contributed by atoms with Crippen molar-refractivity contribution < 1.29 is 13.2 Å². The first-order chi connectivity index (χ1) is 13.0. The van der Waals surface area contributed by atoms with Crippen LogP contribution in [-0.4, -0.2) is 38.3 Å². The normalized spacial score (nSPS) is 17.7. The van der Waals surface area contributed by atoms with Crippen LogP contribution in [0, 0.1) is 6.92 Å². The second-order valence-corrected chi connectivity index (χ2v) is 9.21. The predicted molar refractivity (Wildman–Crippen MR) is 106 cm³/mol. The Morgan fingerprint density at radius 3 is 2.48 bits per heavy atom. The van der Waals surface area contributed by atoms with Crippen LogP contribution >= 0.6 is 0 Å². The van der Waals surface area contributed by atoms with E-state index in [0.29, 0.717) is 25.2 Å². The molecule has 0 atom stereocenters. The molecule has 0 saturated carbocycles. The van der Waals surface area contributed by atoms with E-state index < -0.39 is 10.0 Å². The number of nitrogens with zero attached hydrogens (tertiary/aromatic N) is 2. The van der Waals surface area contributed by atoms with E-state index in [1.165, 1.54) is 0 Å². The first-order valence-electron chi connectivity index (χ1n) is 9.49. The number of anilines is 1. The summed E-state index contributed by atoms with van der Waals surface area (Å²) in [5.74, 6) is -0.131. The molecule has 1 saturated heterocycles. The molecule has 0 unspecified atom stereocenters. The van der Waals surface area contributed by atoms with E-state index in [-0.39, 0.29) is 10.8 Å². The Kier molecular flexibility index (Phi) is 4.78. The summed E-state index contributed by atoms with van der Waals surface area (Å²) in [5, 5.41) is 0. The van der Waals surface area contributed by atoms with E-state index in [4.69, 9.17) is 0 Å². The van der Waals surface area contributed by atoms with Crippen molar-refractivity contribution in [2.45, 2.75) is 37.5 Å². The van der Waals surface area contributed by atoms with Crippen LogP contribution in [0.4, 0.5) is 5.69 Å². The topological polar surface area (TPSA) is 57.7 Å². The number of hydrogen-bond acceptors (Lipinski definition) is 3. The van der Waals surface area contributed by atoms with Gasteiger partial charge in [-0.15, -0.1) is 0 Å². The first kappa shape index (κ1) is 18.2. The molecule has 1 fully saturated rings. The highest BCUT2D eigenvalue weighted by Gasteiger charge is 2.30. The lowest BCUT2D eigenvalue weighted by atomic mass is 10.1. The molecular weight excluding hydrogens is 360 g/mol. The minimum absolute atomic E-state index is 0.131. The quantitative estimate of drug-likeness (QED) is 0.815. The number of benzene rings is 2. The number of sulfonamides is 1. The van der Waals surface area contributed by atoms with E-state index in [0.717, 1.165) is 42.5 Å². The van der Waals surface area contributed by atoms with Crippen molar-refractivity contribution in [1.82, 2.24) is 4.31 Å². The van der Waals surface area contributed by atoms with Gasteiger partial charge in [-0.1, -0.05) is 30.7 Å². The lowest BCUT2D eigenvalue weighted by Crippen LogP contribution is -2.36. The van der Waals surface area contributed by atoms with Gasteiger partial charge in [0.15, 0.2) is 0 Å². The van der Waals surface area contributed by atoms with Gasteiger partial charge in [0, 0.05) is 30.9 Å². The van der Waals surface area contributed by atoms with Crippen molar-refractivity contribution in [3.63, 3.8) is 0 Å². The number of aryl methyl sites for hydroxylation is 1. The van der Waals surface area contributed by atoms with Gasteiger partial charge < -0.3 is 4.90 Å². The van der Waals surface area contributed by atoms with Crippen LogP contribution in [0.5, 0.6) is 0 Å². The smallest absolute Gasteiger partial charge is 0.258 e. The molecule has 2 aromatic rings. The molecule has 0 radical (unpaired) electrons. The van der Waals surface area contributed by atoms with Gasteiger partial charge in [0.05, 0.1) is 4.90 Å². The zero-order valence-corrected chi connectivity index (χ0v) is 16.3. The third-order valence-corrected chi connectivity index (χ3v) is 7.42. The van der Waals surface area contributed by atoms with Crippen LogP contribution in [-0.2, 0) is 16.4 Å². The minimum Gasteiger partial charge on any atom is -0.308 e. The fourth-order valence-corrected chi connectivity index (χ4v) is 5.48. The zero-order chi connectivity index (χ0) is 19.0. The highest BCUT2D eigenvalue weighted by Crippen LogP contribution is 2.30. The minimum atomic E-state index is -3.56. The SMILES string of the molecule is Cc1ccc(S(=O)(=O)N2CCCCC2)cc1C(=O)N1CCc2ccccc21. The van der Waals surface area contributed by atoms with Crippen molar-refractivity contribution in [2.75, 3.05) is 24.5 Å².